The summed E-state index contributed by atoms with van der Waals surface area (Å²) in [5, 5.41) is 0. The molecule has 0 atom stereocenters. The van der Waals surface area contributed by atoms with Gasteiger partial charge in [0.25, 0.3) is 0 Å². The third kappa shape index (κ3) is 4.46. The van der Waals surface area contributed by atoms with Crippen molar-refractivity contribution in [3.05, 3.63) is 78.2 Å². The minimum Gasteiger partial charge on any atom is -0.454 e. The Hall–Kier alpha value is -4.02. The molecule has 1 N–H and O–H groups in total. The van der Waals surface area contributed by atoms with Crippen molar-refractivity contribution < 1.29 is 22.7 Å². The molecule has 2 aromatic heterocycles. The quantitative estimate of drug-likeness (QED) is 0.361. The summed E-state index contributed by atoms with van der Waals surface area (Å²) in [4.78, 5) is 24.7. The molecule has 6 rings (SSSR count). The number of benzene rings is 2. The summed E-state index contributed by atoms with van der Waals surface area (Å²) in [7, 11) is -3.65. The van der Waals surface area contributed by atoms with Crippen molar-refractivity contribution in [3.8, 4) is 34.1 Å². The van der Waals surface area contributed by atoms with Gasteiger partial charge >= 0.3 is 0 Å². The largest absolute Gasteiger partial charge is 0.454 e. The van der Waals surface area contributed by atoms with E-state index in [-0.39, 0.29) is 23.4 Å². The summed E-state index contributed by atoms with van der Waals surface area (Å²) in [6.07, 6.45) is 2.99. The Morgan fingerprint density at radius 2 is 1.76 bits per heavy atom. The monoisotopic (exact) mass is 530 g/mol. The number of pyridine rings is 1. The minimum atomic E-state index is -3.65. The summed E-state index contributed by atoms with van der Waals surface area (Å²) < 4.78 is 39.0. The second-order valence-corrected chi connectivity index (χ2v) is 11.3. The molecular weight excluding hydrogens is 504 g/mol. The fraction of sp³-hybridized carbons (Fsp3) is 0.250. The number of nitrogens with zero attached hydrogens (tertiary/aromatic N) is 3. The van der Waals surface area contributed by atoms with Gasteiger partial charge in [0.05, 0.1) is 22.0 Å². The molecule has 0 saturated carbocycles. The van der Waals surface area contributed by atoms with Crippen molar-refractivity contribution in [2.45, 2.75) is 30.6 Å². The minimum absolute atomic E-state index is 0.0618. The lowest BCUT2D eigenvalue weighted by Gasteiger charge is -2.30. The maximum absolute atomic E-state index is 13.2. The molecule has 38 heavy (non-hydrogen) atoms. The number of H-pyrrole nitrogens is 1. The van der Waals surface area contributed by atoms with E-state index in [0.29, 0.717) is 43.0 Å². The van der Waals surface area contributed by atoms with E-state index in [9.17, 15) is 13.2 Å². The molecule has 2 aliphatic rings. The Morgan fingerprint density at radius 3 is 2.47 bits per heavy atom. The molecule has 10 heteroatoms. The lowest BCUT2D eigenvalue weighted by Crippen LogP contribution is -2.38. The van der Waals surface area contributed by atoms with Gasteiger partial charge < -0.3 is 14.5 Å². The number of rotatable bonds is 6. The van der Waals surface area contributed by atoms with Crippen molar-refractivity contribution in [1.82, 2.24) is 19.3 Å². The van der Waals surface area contributed by atoms with Crippen molar-refractivity contribution in [2.75, 3.05) is 19.9 Å². The van der Waals surface area contributed by atoms with E-state index in [1.165, 1.54) is 23.4 Å². The van der Waals surface area contributed by atoms with Crippen molar-refractivity contribution in [2.24, 2.45) is 0 Å². The molecule has 1 saturated heterocycles. The van der Waals surface area contributed by atoms with Gasteiger partial charge in [0.1, 0.15) is 5.82 Å². The van der Waals surface area contributed by atoms with E-state index in [4.69, 9.17) is 14.5 Å². The number of imidazole rings is 1. The number of aromatic amines is 1. The van der Waals surface area contributed by atoms with E-state index >= 15 is 0 Å². The van der Waals surface area contributed by atoms with Crippen molar-refractivity contribution in [3.63, 3.8) is 0 Å². The summed E-state index contributed by atoms with van der Waals surface area (Å²) in [5.41, 5.74) is 3.71. The van der Waals surface area contributed by atoms with E-state index in [1.54, 1.807) is 18.3 Å². The average molecular weight is 531 g/mol. The Balaban J connectivity index is 1.26. The molecule has 9 nitrogen and oxygen atoms in total. The molecular formula is C28H26N4O5S. The number of sulfonamides is 1. The second-order valence-electron chi connectivity index (χ2n) is 9.39. The van der Waals surface area contributed by atoms with Crippen LogP contribution < -0.4 is 9.47 Å². The number of ether oxygens (including phenoxy) is 2. The van der Waals surface area contributed by atoms with Crippen LogP contribution >= 0.6 is 0 Å². The number of piperidine rings is 1. The zero-order valence-corrected chi connectivity index (χ0v) is 21.6. The maximum atomic E-state index is 13.2. The van der Waals surface area contributed by atoms with Crippen molar-refractivity contribution >= 4 is 15.8 Å². The van der Waals surface area contributed by atoms with Gasteiger partial charge in [-0.2, -0.15) is 4.31 Å². The molecule has 0 unspecified atom stereocenters. The van der Waals surface area contributed by atoms with Crippen LogP contribution in [0.4, 0.5) is 0 Å². The lowest BCUT2D eigenvalue weighted by molar-refractivity contribution is 0.101. The fourth-order valence-corrected chi connectivity index (χ4v) is 6.38. The Bertz CT molecular complexity index is 1590. The average Bonchev–Trinajstić information content (AvgIpc) is 3.61. The molecule has 0 amide bonds. The van der Waals surface area contributed by atoms with Crippen LogP contribution in [-0.2, 0) is 10.0 Å². The third-order valence-electron chi connectivity index (χ3n) is 7.03. The molecule has 0 aliphatic carbocycles. The highest BCUT2D eigenvalue weighted by Crippen LogP contribution is 2.39. The van der Waals surface area contributed by atoms with Crippen LogP contribution in [0.3, 0.4) is 0 Å². The molecule has 1 fully saturated rings. The summed E-state index contributed by atoms with van der Waals surface area (Å²) in [5.74, 6) is 2.15. The van der Waals surface area contributed by atoms with Crippen molar-refractivity contribution in [1.29, 1.82) is 0 Å². The second kappa shape index (κ2) is 9.70. The molecule has 2 aliphatic heterocycles. The van der Waals surface area contributed by atoms with Gasteiger partial charge in [0, 0.05) is 36.3 Å². The number of ketones is 1. The summed E-state index contributed by atoms with van der Waals surface area (Å²) in [6.45, 7) is 2.40. The molecule has 0 radical (unpaired) electrons. The SMILES string of the molecule is CC(=O)c1ccc(S(=O)(=O)N2CCC(c3nc(-c4ccc5c(c4)OCO5)c(-c4ccccn4)[nH]3)CC2)cc1. The van der Waals surface area contributed by atoms with Crippen LogP contribution in [-0.4, -0.2) is 53.3 Å². The Labute approximate surface area is 220 Å². The fourth-order valence-electron chi connectivity index (χ4n) is 4.91. The highest BCUT2D eigenvalue weighted by molar-refractivity contribution is 7.89. The van der Waals surface area contributed by atoms with Crippen LogP contribution in [0, 0.1) is 0 Å². The van der Waals surface area contributed by atoms with E-state index in [1.807, 2.05) is 36.4 Å². The number of carbonyl (C=O) groups excluding carboxylic acids is 1. The zero-order valence-electron chi connectivity index (χ0n) is 20.8. The van der Waals surface area contributed by atoms with Crippen LogP contribution in [0.25, 0.3) is 22.6 Å². The van der Waals surface area contributed by atoms with Crippen LogP contribution in [0.1, 0.15) is 41.9 Å². The maximum Gasteiger partial charge on any atom is 0.243 e. The van der Waals surface area contributed by atoms with Crippen LogP contribution in [0.2, 0.25) is 0 Å². The Kier molecular flexibility index (Phi) is 6.21. The predicted molar refractivity (Wildman–Crippen MR) is 141 cm³/mol. The summed E-state index contributed by atoms with van der Waals surface area (Å²) >= 11 is 0. The first-order chi connectivity index (χ1) is 18.4. The number of hydrogen-bond donors (Lipinski definition) is 1. The highest BCUT2D eigenvalue weighted by atomic mass is 32.2. The van der Waals surface area contributed by atoms with Gasteiger partial charge in [-0.3, -0.25) is 9.78 Å². The number of aromatic nitrogens is 3. The molecule has 0 spiro atoms. The van der Waals surface area contributed by atoms with Gasteiger partial charge in [-0.25, -0.2) is 13.4 Å². The summed E-state index contributed by atoms with van der Waals surface area (Å²) in [6, 6.07) is 17.6. The molecule has 0 bridgehead atoms. The van der Waals surface area contributed by atoms with E-state index < -0.39 is 10.0 Å². The number of fused-ring (bicyclic) bond motifs is 1. The first-order valence-corrected chi connectivity index (χ1v) is 13.9. The standard InChI is InChI=1S/C28H26N4O5S/c1-18(33)19-5-8-22(9-6-19)38(34,35)32-14-11-20(12-15-32)28-30-26(27(31-28)23-4-2-3-13-29-23)21-7-10-24-25(16-21)37-17-36-24/h2-10,13,16,20H,11-12,14-15,17H2,1H3,(H,30,31). The molecule has 4 aromatic rings. The first-order valence-electron chi connectivity index (χ1n) is 12.4. The van der Waals surface area contributed by atoms with Crippen LogP contribution in [0.5, 0.6) is 11.5 Å². The highest BCUT2D eigenvalue weighted by Gasteiger charge is 2.32. The van der Waals surface area contributed by atoms with Gasteiger partial charge in [-0.1, -0.05) is 18.2 Å². The molecule has 4 heterocycles. The number of carbonyl (C=O) groups is 1. The van der Waals surface area contributed by atoms with Gasteiger partial charge in [-0.05, 0) is 62.2 Å². The number of hydrogen-bond acceptors (Lipinski definition) is 7. The topological polar surface area (TPSA) is 114 Å². The smallest absolute Gasteiger partial charge is 0.243 e. The normalized spacial score (nSPS) is 16.0. The van der Waals surface area contributed by atoms with Gasteiger partial charge in [0.15, 0.2) is 17.3 Å². The number of nitrogens with one attached hydrogen (secondary N) is 1. The third-order valence-corrected chi connectivity index (χ3v) is 8.94. The number of Topliss-reactive ketones (excluding diaryl/α,β-unsaturated/α-hetero) is 1. The van der Waals surface area contributed by atoms with Gasteiger partial charge in [0.2, 0.25) is 16.8 Å². The van der Waals surface area contributed by atoms with E-state index in [0.717, 1.165) is 28.5 Å². The van der Waals surface area contributed by atoms with E-state index in [2.05, 4.69) is 9.97 Å². The lowest BCUT2D eigenvalue weighted by atomic mass is 9.97. The van der Waals surface area contributed by atoms with Gasteiger partial charge in [-0.15, -0.1) is 0 Å². The predicted octanol–water partition coefficient (Wildman–Crippen LogP) is 4.64. The first kappa shape index (κ1) is 24.3. The Morgan fingerprint density at radius 1 is 1.00 bits per heavy atom. The zero-order chi connectivity index (χ0) is 26.3. The molecule has 194 valence electrons. The van der Waals surface area contributed by atoms with Crippen LogP contribution in [0.15, 0.2) is 71.8 Å². The molecule has 2 aromatic carbocycles.